The minimum Gasteiger partial charge on any atom is -0.385 e. The number of carbonyl (C=O) groups is 1. The van der Waals surface area contributed by atoms with Gasteiger partial charge in [-0.1, -0.05) is 0 Å². The van der Waals surface area contributed by atoms with Crippen LogP contribution in [0.3, 0.4) is 0 Å². The number of piperazine rings is 1. The number of fused-ring (bicyclic) bond motifs is 1. The summed E-state index contributed by atoms with van der Waals surface area (Å²) in [6.45, 7) is 5.23. The molecule has 0 spiro atoms. The molecule has 1 aliphatic rings. The second-order valence-electron chi connectivity index (χ2n) is 10.5. The predicted octanol–water partition coefficient (Wildman–Crippen LogP) is 5.67. The molecule has 0 unspecified atom stereocenters. The molecule has 0 aliphatic carbocycles. The summed E-state index contributed by atoms with van der Waals surface area (Å²) >= 11 is 0. The van der Waals surface area contributed by atoms with Crippen LogP contribution in [0.5, 0.6) is 0 Å². The van der Waals surface area contributed by atoms with Crippen molar-refractivity contribution in [2.75, 3.05) is 81.0 Å². The molecule has 1 fully saturated rings. The third-order valence-corrected chi connectivity index (χ3v) is 7.43. The fourth-order valence-electron chi connectivity index (χ4n) is 5.14. The summed E-state index contributed by atoms with van der Waals surface area (Å²) in [5.74, 6) is -1.55. The highest BCUT2D eigenvalue weighted by atomic mass is 19.1. The molecule has 0 saturated carbocycles. The Kier molecular flexibility index (Phi) is 8.70. The van der Waals surface area contributed by atoms with Gasteiger partial charge in [-0.05, 0) is 62.0 Å². The fourth-order valence-corrected chi connectivity index (χ4v) is 5.14. The van der Waals surface area contributed by atoms with Crippen molar-refractivity contribution < 1.29 is 18.3 Å². The van der Waals surface area contributed by atoms with Crippen molar-refractivity contribution in [3.63, 3.8) is 0 Å². The van der Waals surface area contributed by atoms with Gasteiger partial charge in [0.1, 0.15) is 11.6 Å². The molecule has 10 heteroatoms. The van der Waals surface area contributed by atoms with E-state index in [-0.39, 0.29) is 5.91 Å². The maximum Gasteiger partial charge on any atom is 0.257 e. The van der Waals surface area contributed by atoms with Gasteiger partial charge in [-0.25, -0.2) is 8.78 Å². The number of benzene rings is 3. The van der Waals surface area contributed by atoms with Gasteiger partial charge in [0.25, 0.3) is 5.91 Å². The van der Waals surface area contributed by atoms with Crippen molar-refractivity contribution >= 4 is 45.2 Å². The summed E-state index contributed by atoms with van der Waals surface area (Å²) in [5.41, 5.74) is 4.87. The number of methoxy groups -OCH3 is 1. The molecule has 0 atom stereocenters. The molecule has 8 nitrogen and oxygen atoms in total. The Morgan fingerprint density at radius 3 is 2.49 bits per heavy atom. The molecule has 5 rings (SSSR count). The van der Waals surface area contributed by atoms with E-state index in [1.54, 1.807) is 19.4 Å². The molecule has 216 valence electrons. The summed E-state index contributed by atoms with van der Waals surface area (Å²) in [6.07, 6.45) is 2.58. The molecule has 2 heterocycles. The van der Waals surface area contributed by atoms with Crippen molar-refractivity contribution in [1.82, 2.24) is 9.88 Å². The first kappa shape index (κ1) is 28.4. The van der Waals surface area contributed by atoms with Gasteiger partial charge in [0.05, 0.1) is 16.9 Å². The first-order valence-corrected chi connectivity index (χ1v) is 13.7. The Labute approximate surface area is 238 Å². The monoisotopic (exact) mass is 562 g/mol. The summed E-state index contributed by atoms with van der Waals surface area (Å²) in [6, 6.07) is 14.8. The van der Waals surface area contributed by atoms with E-state index in [2.05, 4.69) is 43.4 Å². The molecular weight excluding hydrogens is 526 g/mol. The van der Waals surface area contributed by atoms with Gasteiger partial charge in [-0.2, -0.15) is 0 Å². The normalized spacial score (nSPS) is 13.9. The van der Waals surface area contributed by atoms with Gasteiger partial charge < -0.3 is 35.1 Å². The number of nitrogens with zero attached hydrogens (tertiary/aromatic N) is 3. The predicted molar refractivity (Wildman–Crippen MR) is 162 cm³/mol. The van der Waals surface area contributed by atoms with E-state index in [0.717, 1.165) is 67.5 Å². The van der Waals surface area contributed by atoms with E-state index in [0.29, 0.717) is 29.2 Å². The summed E-state index contributed by atoms with van der Waals surface area (Å²) in [7, 11) is 5.81. The van der Waals surface area contributed by atoms with Crippen LogP contribution >= 0.6 is 0 Å². The van der Waals surface area contributed by atoms with E-state index in [9.17, 15) is 13.6 Å². The minimum absolute atomic E-state index is 0.227. The van der Waals surface area contributed by atoms with Crippen LogP contribution in [0.4, 0.5) is 37.2 Å². The van der Waals surface area contributed by atoms with Crippen LogP contribution in [-0.4, -0.2) is 76.3 Å². The smallest absolute Gasteiger partial charge is 0.257 e. The second-order valence-corrected chi connectivity index (χ2v) is 10.5. The topological polar surface area (TPSA) is 75.9 Å². The average molecular weight is 563 g/mol. The first-order valence-electron chi connectivity index (χ1n) is 13.7. The van der Waals surface area contributed by atoms with Gasteiger partial charge in [0.2, 0.25) is 0 Å². The number of H-pyrrole nitrogens is 1. The number of carbonyl (C=O) groups excluding carboxylic acids is 1. The van der Waals surface area contributed by atoms with Crippen molar-refractivity contribution in [3.8, 4) is 0 Å². The molecule has 41 heavy (non-hydrogen) atoms. The summed E-state index contributed by atoms with van der Waals surface area (Å²) < 4.78 is 32.6. The molecule has 1 amide bonds. The lowest BCUT2D eigenvalue weighted by Gasteiger charge is -2.35. The van der Waals surface area contributed by atoms with Crippen LogP contribution in [0.25, 0.3) is 10.9 Å². The minimum atomic E-state index is -0.662. The fraction of sp³-hybridized carbons (Fsp3) is 0.323. The van der Waals surface area contributed by atoms with Gasteiger partial charge in [0.15, 0.2) is 0 Å². The second kappa shape index (κ2) is 12.6. The van der Waals surface area contributed by atoms with E-state index >= 15 is 0 Å². The van der Waals surface area contributed by atoms with Crippen molar-refractivity contribution in [3.05, 3.63) is 78.0 Å². The number of likely N-dealkylation sites (N-methyl/N-ethyl adjacent to an activating group) is 1. The SMILES string of the molecule is COCCCN(C)c1cc(N2CCN(C)CC2)ccc1C(=O)Nc1c[nH]c2ccc(Nc3cc(F)cc(F)c3)cc12. The quantitative estimate of drug-likeness (QED) is 0.217. The number of hydrogen-bond acceptors (Lipinski definition) is 6. The standard InChI is InChI=1S/C31H36F2N6O2/c1-37-10-12-39(13-11-37)25-6-7-26(30(19-25)38(2)9-4-14-41-3)31(40)36-29-20-34-28-8-5-23(18-27(28)29)35-24-16-21(32)15-22(33)17-24/h5-8,15-20,34-35H,4,9-14H2,1-3H3,(H,36,40). The van der Waals surface area contributed by atoms with E-state index in [1.807, 2.05) is 31.3 Å². The number of nitrogens with one attached hydrogen (secondary N) is 3. The molecule has 4 aromatic rings. The first-order chi connectivity index (χ1) is 19.8. The largest absolute Gasteiger partial charge is 0.385 e. The van der Waals surface area contributed by atoms with Gasteiger partial charge >= 0.3 is 0 Å². The third kappa shape index (κ3) is 6.78. The number of aromatic amines is 1. The Bertz CT molecular complexity index is 1500. The van der Waals surface area contributed by atoms with Gasteiger partial charge in [0, 0.05) is 93.7 Å². The molecule has 1 saturated heterocycles. The van der Waals surface area contributed by atoms with E-state index < -0.39 is 11.6 Å². The zero-order chi connectivity index (χ0) is 28.9. The van der Waals surface area contributed by atoms with E-state index in [4.69, 9.17) is 4.74 Å². The number of rotatable bonds is 10. The zero-order valence-electron chi connectivity index (χ0n) is 23.6. The Morgan fingerprint density at radius 1 is 1.00 bits per heavy atom. The molecule has 0 radical (unpaired) electrons. The number of hydrogen-bond donors (Lipinski definition) is 3. The van der Waals surface area contributed by atoms with Crippen LogP contribution in [0.2, 0.25) is 0 Å². The Balaban J connectivity index is 1.40. The average Bonchev–Trinajstić information content (AvgIpc) is 3.34. The lowest BCUT2D eigenvalue weighted by atomic mass is 10.1. The molecule has 1 aliphatic heterocycles. The lowest BCUT2D eigenvalue weighted by Crippen LogP contribution is -2.44. The number of amides is 1. The van der Waals surface area contributed by atoms with Crippen LogP contribution in [-0.2, 0) is 4.74 Å². The Hall–Kier alpha value is -4.15. The number of aromatic nitrogens is 1. The number of ether oxygens (including phenoxy) is 1. The molecule has 1 aromatic heterocycles. The third-order valence-electron chi connectivity index (χ3n) is 7.43. The lowest BCUT2D eigenvalue weighted by molar-refractivity contribution is 0.102. The maximum absolute atomic E-state index is 13.7. The number of anilines is 5. The van der Waals surface area contributed by atoms with Crippen molar-refractivity contribution in [1.29, 1.82) is 0 Å². The Morgan fingerprint density at radius 2 is 1.76 bits per heavy atom. The summed E-state index contributed by atoms with van der Waals surface area (Å²) in [4.78, 5) is 23.6. The van der Waals surface area contributed by atoms with E-state index in [1.165, 1.54) is 12.1 Å². The van der Waals surface area contributed by atoms with Crippen LogP contribution in [0.1, 0.15) is 16.8 Å². The highest BCUT2D eigenvalue weighted by Gasteiger charge is 2.20. The molecule has 0 bridgehead atoms. The van der Waals surface area contributed by atoms with Gasteiger partial charge in [-0.15, -0.1) is 0 Å². The van der Waals surface area contributed by atoms with Crippen molar-refractivity contribution in [2.45, 2.75) is 6.42 Å². The molecule has 3 N–H and O–H groups in total. The highest BCUT2D eigenvalue weighted by molar-refractivity contribution is 6.12. The van der Waals surface area contributed by atoms with Crippen molar-refractivity contribution in [2.24, 2.45) is 0 Å². The molecular formula is C31H36F2N6O2. The number of halogens is 2. The highest BCUT2D eigenvalue weighted by Crippen LogP contribution is 2.31. The van der Waals surface area contributed by atoms with Crippen LogP contribution in [0, 0.1) is 11.6 Å². The zero-order valence-corrected chi connectivity index (χ0v) is 23.6. The molecule has 3 aromatic carbocycles. The maximum atomic E-state index is 13.7. The summed E-state index contributed by atoms with van der Waals surface area (Å²) in [5, 5.41) is 6.87. The van der Waals surface area contributed by atoms with Crippen LogP contribution in [0.15, 0.2) is 60.8 Å². The van der Waals surface area contributed by atoms with Crippen LogP contribution < -0.4 is 20.4 Å². The van der Waals surface area contributed by atoms with Gasteiger partial charge in [-0.3, -0.25) is 4.79 Å².